The Hall–Kier alpha value is -1.36. The number of amides is 1. The summed E-state index contributed by atoms with van der Waals surface area (Å²) in [5.41, 5.74) is 0. The fraction of sp³-hybridized carbons (Fsp3) is 0.636. The van der Waals surface area contributed by atoms with Gasteiger partial charge in [0.25, 0.3) is 0 Å². The molecule has 1 rings (SSSR count). The van der Waals surface area contributed by atoms with Crippen LogP contribution in [0.2, 0.25) is 0 Å². The second-order valence-corrected chi connectivity index (χ2v) is 3.84. The highest BCUT2D eigenvalue weighted by atomic mass is 16.5. The van der Waals surface area contributed by atoms with E-state index in [9.17, 15) is 9.59 Å². The Kier molecular flexibility index (Phi) is 4.98. The Balaban J connectivity index is 2.23. The van der Waals surface area contributed by atoms with Crippen molar-refractivity contribution >= 4 is 11.9 Å². The van der Waals surface area contributed by atoms with Gasteiger partial charge in [-0.3, -0.25) is 4.79 Å². The third kappa shape index (κ3) is 4.02. The zero-order valence-electron chi connectivity index (χ0n) is 9.31. The SMILES string of the molecule is COC(CNC(=O)CC1C=CCC1)C(=O)O. The number of ether oxygens (including phenoxy) is 1. The third-order valence-corrected chi connectivity index (χ3v) is 2.60. The molecule has 0 bridgehead atoms. The van der Waals surface area contributed by atoms with Crippen molar-refractivity contribution in [2.24, 2.45) is 5.92 Å². The first-order valence-electron chi connectivity index (χ1n) is 5.32. The maximum absolute atomic E-state index is 11.4. The summed E-state index contributed by atoms with van der Waals surface area (Å²) >= 11 is 0. The monoisotopic (exact) mass is 227 g/mol. The number of carboxylic acids is 1. The van der Waals surface area contributed by atoms with Gasteiger partial charge in [-0.15, -0.1) is 0 Å². The van der Waals surface area contributed by atoms with Gasteiger partial charge in [-0.05, 0) is 18.8 Å². The van der Waals surface area contributed by atoms with Crippen LogP contribution in [0.5, 0.6) is 0 Å². The minimum atomic E-state index is -1.07. The molecule has 1 aliphatic carbocycles. The highest BCUT2D eigenvalue weighted by Crippen LogP contribution is 2.19. The van der Waals surface area contributed by atoms with Gasteiger partial charge < -0.3 is 15.2 Å². The minimum absolute atomic E-state index is 0.0150. The molecule has 0 radical (unpaired) electrons. The topological polar surface area (TPSA) is 75.6 Å². The van der Waals surface area contributed by atoms with Gasteiger partial charge in [-0.1, -0.05) is 12.2 Å². The van der Waals surface area contributed by atoms with E-state index >= 15 is 0 Å². The molecule has 2 atom stereocenters. The average Bonchev–Trinajstić information content (AvgIpc) is 2.70. The molecule has 0 aromatic carbocycles. The molecule has 0 aromatic rings. The summed E-state index contributed by atoms with van der Waals surface area (Å²) in [6.45, 7) is 0.0150. The van der Waals surface area contributed by atoms with Crippen molar-refractivity contribution in [3.63, 3.8) is 0 Å². The van der Waals surface area contributed by atoms with Crippen LogP contribution in [0.3, 0.4) is 0 Å². The van der Waals surface area contributed by atoms with Crippen LogP contribution in [0.1, 0.15) is 19.3 Å². The molecule has 0 aromatic heterocycles. The maximum Gasteiger partial charge on any atom is 0.334 e. The Morgan fingerprint density at radius 2 is 2.38 bits per heavy atom. The van der Waals surface area contributed by atoms with E-state index in [4.69, 9.17) is 9.84 Å². The second-order valence-electron chi connectivity index (χ2n) is 3.84. The van der Waals surface area contributed by atoms with Gasteiger partial charge in [0.1, 0.15) is 0 Å². The first-order chi connectivity index (χ1) is 7.63. The Morgan fingerprint density at radius 1 is 1.62 bits per heavy atom. The summed E-state index contributed by atoms with van der Waals surface area (Å²) in [5.74, 6) is -0.894. The largest absolute Gasteiger partial charge is 0.479 e. The van der Waals surface area contributed by atoms with Crippen molar-refractivity contribution in [3.8, 4) is 0 Å². The fourth-order valence-corrected chi connectivity index (χ4v) is 1.65. The van der Waals surface area contributed by atoms with Gasteiger partial charge in [-0.2, -0.15) is 0 Å². The van der Waals surface area contributed by atoms with Gasteiger partial charge in [0, 0.05) is 13.5 Å². The fourth-order valence-electron chi connectivity index (χ4n) is 1.65. The molecule has 0 heterocycles. The summed E-state index contributed by atoms with van der Waals surface area (Å²) < 4.78 is 4.70. The van der Waals surface area contributed by atoms with E-state index in [2.05, 4.69) is 11.4 Å². The van der Waals surface area contributed by atoms with E-state index < -0.39 is 12.1 Å². The summed E-state index contributed by atoms with van der Waals surface area (Å²) in [7, 11) is 1.31. The molecule has 1 aliphatic rings. The molecule has 0 saturated heterocycles. The first kappa shape index (κ1) is 12.7. The Morgan fingerprint density at radius 3 is 2.88 bits per heavy atom. The summed E-state index contributed by atoms with van der Waals surface area (Å²) in [4.78, 5) is 22.0. The number of carbonyl (C=O) groups excluding carboxylic acids is 1. The van der Waals surface area contributed by atoms with E-state index in [1.807, 2.05) is 6.08 Å². The molecule has 0 fully saturated rings. The van der Waals surface area contributed by atoms with Gasteiger partial charge in [0.05, 0.1) is 6.54 Å². The average molecular weight is 227 g/mol. The van der Waals surface area contributed by atoms with Gasteiger partial charge in [0.2, 0.25) is 5.91 Å². The van der Waals surface area contributed by atoms with Crippen LogP contribution < -0.4 is 5.32 Å². The number of rotatable bonds is 6. The summed E-state index contributed by atoms with van der Waals surface area (Å²) in [6.07, 6.45) is 5.57. The molecular formula is C11H17NO4. The Bertz CT molecular complexity index is 288. The maximum atomic E-state index is 11.4. The van der Waals surface area contributed by atoms with E-state index in [1.54, 1.807) is 0 Å². The van der Waals surface area contributed by atoms with E-state index in [0.717, 1.165) is 12.8 Å². The standard InChI is InChI=1S/C11H17NO4/c1-16-9(11(14)15)7-12-10(13)6-8-4-2-3-5-8/h2,4,8-9H,3,5-7H2,1H3,(H,12,13)(H,14,15). The lowest BCUT2D eigenvalue weighted by molar-refractivity contribution is -0.148. The number of aliphatic carboxylic acids is 1. The van der Waals surface area contributed by atoms with Crippen LogP contribution in [0.15, 0.2) is 12.2 Å². The van der Waals surface area contributed by atoms with Crippen LogP contribution in [-0.4, -0.2) is 36.7 Å². The predicted octanol–water partition coefficient (Wildman–Crippen LogP) is 0.558. The van der Waals surface area contributed by atoms with Crippen LogP contribution in [0.25, 0.3) is 0 Å². The molecule has 2 unspecified atom stereocenters. The zero-order valence-corrected chi connectivity index (χ0v) is 9.31. The molecule has 5 heteroatoms. The van der Waals surface area contributed by atoms with E-state index in [0.29, 0.717) is 12.3 Å². The number of allylic oxidation sites excluding steroid dienone is 2. The van der Waals surface area contributed by atoms with Crippen molar-refractivity contribution < 1.29 is 19.4 Å². The predicted molar refractivity (Wildman–Crippen MR) is 57.9 cm³/mol. The van der Waals surface area contributed by atoms with Gasteiger partial charge >= 0.3 is 5.97 Å². The lowest BCUT2D eigenvalue weighted by Crippen LogP contribution is -2.38. The molecule has 5 nitrogen and oxygen atoms in total. The number of carboxylic acid groups (broad SMARTS) is 1. The van der Waals surface area contributed by atoms with Gasteiger partial charge in [-0.25, -0.2) is 4.79 Å². The first-order valence-corrected chi connectivity index (χ1v) is 5.32. The van der Waals surface area contributed by atoms with Crippen molar-refractivity contribution in [2.75, 3.05) is 13.7 Å². The highest BCUT2D eigenvalue weighted by molar-refractivity contribution is 5.78. The molecular weight excluding hydrogens is 210 g/mol. The number of hydrogen-bond acceptors (Lipinski definition) is 3. The molecule has 90 valence electrons. The van der Waals surface area contributed by atoms with Crippen LogP contribution >= 0.6 is 0 Å². The van der Waals surface area contributed by atoms with Crippen molar-refractivity contribution in [1.82, 2.24) is 5.32 Å². The lowest BCUT2D eigenvalue weighted by atomic mass is 10.1. The van der Waals surface area contributed by atoms with Crippen molar-refractivity contribution in [3.05, 3.63) is 12.2 Å². The lowest BCUT2D eigenvalue weighted by Gasteiger charge is -2.12. The number of carbonyl (C=O) groups is 2. The quantitative estimate of drug-likeness (QED) is 0.650. The molecule has 16 heavy (non-hydrogen) atoms. The van der Waals surface area contributed by atoms with Crippen LogP contribution in [0.4, 0.5) is 0 Å². The summed E-state index contributed by atoms with van der Waals surface area (Å²) in [5, 5.41) is 11.2. The molecule has 0 saturated carbocycles. The molecule has 0 spiro atoms. The third-order valence-electron chi connectivity index (χ3n) is 2.60. The Labute approximate surface area is 94.5 Å². The van der Waals surface area contributed by atoms with Crippen molar-refractivity contribution in [1.29, 1.82) is 0 Å². The van der Waals surface area contributed by atoms with E-state index in [1.165, 1.54) is 7.11 Å². The summed E-state index contributed by atoms with van der Waals surface area (Å²) in [6, 6.07) is 0. The zero-order chi connectivity index (χ0) is 12.0. The number of nitrogens with one attached hydrogen (secondary N) is 1. The number of hydrogen-bond donors (Lipinski definition) is 2. The smallest absolute Gasteiger partial charge is 0.334 e. The normalized spacial score (nSPS) is 20.7. The molecule has 2 N–H and O–H groups in total. The van der Waals surface area contributed by atoms with Crippen LogP contribution in [-0.2, 0) is 14.3 Å². The van der Waals surface area contributed by atoms with Crippen molar-refractivity contribution in [2.45, 2.75) is 25.4 Å². The second kappa shape index (κ2) is 6.27. The number of methoxy groups -OCH3 is 1. The molecule has 0 aliphatic heterocycles. The van der Waals surface area contributed by atoms with Gasteiger partial charge in [0.15, 0.2) is 6.10 Å². The highest BCUT2D eigenvalue weighted by Gasteiger charge is 2.18. The van der Waals surface area contributed by atoms with E-state index in [-0.39, 0.29) is 12.5 Å². The molecule has 1 amide bonds. The minimum Gasteiger partial charge on any atom is -0.479 e. The van der Waals surface area contributed by atoms with Crippen LogP contribution in [0, 0.1) is 5.92 Å².